The molecule has 2 aromatic heterocycles. The molecule has 0 aliphatic rings. The van der Waals surface area contributed by atoms with E-state index in [2.05, 4.69) is 47.2 Å². The van der Waals surface area contributed by atoms with E-state index in [0.29, 0.717) is 0 Å². The molecule has 4 nitrogen and oxygen atoms in total. The maximum atomic E-state index is 10.9. The summed E-state index contributed by atoms with van der Waals surface area (Å²) < 4.78 is 4.55. The molecule has 2 heterocycles. The van der Waals surface area contributed by atoms with Crippen LogP contribution in [-0.2, 0) is 13.1 Å². The van der Waals surface area contributed by atoms with Gasteiger partial charge in [-0.15, -0.1) is 0 Å². The van der Waals surface area contributed by atoms with E-state index >= 15 is 0 Å². The first kappa shape index (κ1) is 21.7. The largest absolute Gasteiger partial charge is 0.341 e. The molecular weight excluding hydrogens is 420 g/mol. The molecule has 0 atom stereocenters. The number of hydrogen-bond donors (Lipinski definition) is 0. The first-order valence-corrected chi connectivity index (χ1v) is 11.6. The highest BCUT2D eigenvalue weighted by molar-refractivity contribution is 6.10. The number of para-hydroxylation sites is 2. The Bertz CT molecular complexity index is 1540. The van der Waals surface area contributed by atoms with E-state index in [1.165, 1.54) is 32.8 Å². The van der Waals surface area contributed by atoms with Crippen molar-refractivity contribution in [2.45, 2.75) is 26.9 Å². The summed E-state index contributed by atoms with van der Waals surface area (Å²) in [7, 11) is 0. The summed E-state index contributed by atoms with van der Waals surface area (Å²) >= 11 is 0. The summed E-state index contributed by atoms with van der Waals surface area (Å²) in [6.07, 6.45) is 1.80. The van der Waals surface area contributed by atoms with Gasteiger partial charge in [-0.3, -0.25) is 9.59 Å². The third kappa shape index (κ3) is 3.48. The molecule has 4 aromatic carbocycles. The molecule has 0 bridgehead atoms. The summed E-state index contributed by atoms with van der Waals surface area (Å²) in [5.41, 5.74) is 6.31. The van der Waals surface area contributed by atoms with E-state index in [4.69, 9.17) is 0 Å². The number of hydrogen-bond acceptors (Lipinski definition) is 2. The fourth-order valence-electron chi connectivity index (χ4n) is 4.97. The van der Waals surface area contributed by atoms with Crippen LogP contribution in [0.15, 0.2) is 84.9 Å². The number of aromatic nitrogens is 2. The number of aldehydes is 2. The molecule has 6 aromatic rings. The van der Waals surface area contributed by atoms with E-state index in [1.54, 1.807) is 0 Å². The van der Waals surface area contributed by atoms with Gasteiger partial charge in [0.2, 0.25) is 0 Å². The van der Waals surface area contributed by atoms with Crippen LogP contribution in [0.2, 0.25) is 0 Å². The Morgan fingerprint density at radius 2 is 0.912 bits per heavy atom. The Morgan fingerprint density at radius 3 is 1.29 bits per heavy atom. The molecule has 0 aliphatic heterocycles. The Balaban J connectivity index is 0.000000142. The Morgan fingerprint density at radius 1 is 0.529 bits per heavy atom. The lowest BCUT2D eigenvalue weighted by Gasteiger charge is -2.02. The van der Waals surface area contributed by atoms with E-state index < -0.39 is 0 Å². The van der Waals surface area contributed by atoms with Crippen LogP contribution in [0.3, 0.4) is 0 Å². The number of carbonyl (C=O) groups excluding carboxylic acids is 2. The number of aryl methyl sites for hydroxylation is 2. The molecule has 4 heteroatoms. The standard InChI is InChI=1S/2C15H13NO/c2*1-2-16-14-6-4-3-5-12(14)13-9-11(10-17)7-8-15(13)16/h2*3-10H,2H2,1H3. The number of nitrogens with zero attached hydrogens (tertiary/aromatic N) is 2. The molecule has 0 aliphatic carbocycles. The third-order valence-corrected chi connectivity index (χ3v) is 6.50. The Kier molecular flexibility index (Phi) is 5.72. The van der Waals surface area contributed by atoms with E-state index in [0.717, 1.165) is 47.6 Å². The van der Waals surface area contributed by atoms with Gasteiger partial charge in [-0.25, -0.2) is 0 Å². The molecule has 34 heavy (non-hydrogen) atoms. The van der Waals surface area contributed by atoms with Gasteiger partial charge in [0.05, 0.1) is 0 Å². The van der Waals surface area contributed by atoms with Crippen LogP contribution >= 0.6 is 0 Å². The van der Waals surface area contributed by atoms with E-state index in [1.807, 2.05) is 60.7 Å². The zero-order valence-corrected chi connectivity index (χ0v) is 19.4. The van der Waals surface area contributed by atoms with E-state index in [9.17, 15) is 9.59 Å². The predicted molar refractivity (Wildman–Crippen MR) is 141 cm³/mol. The van der Waals surface area contributed by atoms with Crippen molar-refractivity contribution in [3.8, 4) is 0 Å². The van der Waals surface area contributed by atoms with Crippen LogP contribution in [0.25, 0.3) is 43.6 Å². The summed E-state index contributed by atoms with van der Waals surface area (Å²) in [5, 5.41) is 4.75. The van der Waals surface area contributed by atoms with Gasteiger partial charge in [0.1, 0.15) is 12.6 Å². The lowest BCUT2D eigenvalue weighted by atomic mass is 10.1. The fourth-order valence-corrected chi connectivity index (χ4v) is 4.97. The normalized spacial score (nSPS) is 11.1. The van der Waals surface area contributed by atoms with Gasteiger partial charge in [0, 0.05) is 67.8 Å². The maximum absolute atomic E-state index is 10.9. The SMILES string of the molecule is CCn1c2ccccc2c2cc(C=O)ccc21.CCn1c2ccccc2c2cc(C=O)ccc21. The van der Waals surface area contributed by atoms with Gasteiger partial charge >= 0.3 is 0 Å². The van der Waals surface area contributed by atoms with Crippen LogP contribution in [0.1, 0.15) is 34.6 Å². The summed E-state index contributed by atoms with van der Waals surface area (Å²) in [6.45, 7) is 6.15. The highest BCUT2D eigenvalue weighted by Gasteiger charge is 2.10. The minimum absolute atomic E-state index is 0.733. The minimum Gasteiger partial charge on any atom is -0.341 e. The Labute approximate surface area is 198 Å². The summed E-state index contributed by atoms with van der Waals surface area (Å²) in [6, 6.07) is 28.4. The highest BCUT2D eigenvalue weighted by atomic mass is 16.1. The fraction of sp³-hybridized carbons (Fsp3) is 0.133. The molecule has 0 N–H and O–H groups in total. The molecule has 0 saturated heterocycles. The summed E-state index contributed by atoms with van der Waals surface area (Å²) in [4.78, 5) is 21.7. The molecule has 168 valence electrons. The topological polar surface area (TPSA) is 44.0 Å². The van der Waals surface area contributed by atoms with Crippen molar-refractivity contribution in [1.29, 1.82) is 0 Å². The highest BCUT2D eigenvalue weighted by Crippen LogP contribution is 2.30. The van der Waals surface area contributed by atoms with Crippen LogP contribution in [0, 0.1) is 0 Å². The quantitative estimate of drug-likeness (QED) is 0.268. The van der Waals surface area contributed by atoms with Crippen molar-refractivity contribution in [2.75, 3.05) is 0 Å². The Hall–Kier alpha value is -4.18. The van der Waals surface area contributed by atoms with E-state index in [-0.39, 0.29) is 0 Å². The van der Waals surface area contributed by atoms with Crippen molar-refractivity contribution < 1.29 is 9.59 Å². The zero-order chi connectivity index (χ0) is 23.7. The first-order valence-electron chi connectivity index (χ1n) is 11.6. The summed E-state index contributed by atoms with van der Waals surface area (Å²) in [5.74, 6) is 0. The van der Waals surface area contributed by atoms with Crippen LogP contribution in [0.5, 0.6) is 0 Å². The van der Waals surface area contributed by atoms with Crippen molar-refractivity contribution in [2.24, 2.45) is 0 Å². The van der Waals surface area contributed by atoms with Crippen molar-refractivity contribution in [3.05, 3.63) is 96.1 Å². The van der Waals surface area contributed by atoms with Gasteiger partial charge in [-0.2, -0.15) is 0 Å². The lowest BCUT2D eigenvalue weighted by molar-refractivity contribution is 0.111. The van der Waals surface area contributed by atoms with Gasteiger partial charge in [-0.1, -0.05) is 36.4 Å². The smallest absolute Gasteiger partial charge is 0.150 e. The van der Waals surface area contributed by atoms with Gasteiger partial charge < -0.3 is 9.13 Å². The molecule has 0 amide bonds. The van der Waals surface area contributed by atoms with Gasteiger partial charge in [-0.05, 0) is 62.4 Å². The maximum Gasteiger partial charge on any atom is 0.150 e. The number of carbonyl (C=O) groups is 2. The molecule has 0 saturated carbocycles. The second-order valence-electron chi connectivity index (χ2n) is 8.31. The number of benzene rings is 4. The molecule has 0 spiro atoms. The van der Waals surface area contributed by atoms with Crippen LogP contribution in [0.4, 0.5) is 0 Å². The lowest BCUT2D eigenvalue weighted by Crippen LogP contribution is -1.92. The molecule has 6 rings (SSSR count). The molecule has 0 radical (unpaired) electrons. The minimum atomic E-state index is 0.733. The molecular formula is C30H26N2O2. The van der Waals surface area contributed by atoms with Crippen LogP contribution < -0.4 is 0 Å². The molecule has 0 fully saturated rings. The van der Waals surface area contributed by atoms with Crippen molar-refractivity contribution >= 4 is 56.2 Å². The van der Waals surface area contributed by atoms with Gasteiger partial charge in [0.25, 0.3) is 0 Å². The number of rotatable bonds is 4. The number of fused-ring (bicyclic) bond motifs is 6. The second kappa shape index (κ2) is 8.99. The molecule has 0 unspecified atom stereocenters. The average molecular weight is 447 g/mol. The van der Waals surface area contributed by atoms with Crippen molar-refractivity contribution in [1.82, 2.24) is 9.13 Å². The zero-order valence-electron chi connectivity index (χ0n) is 19.4. The predicted octanol–water partition coefficient (Wildman–Crippen LogP) is 7.25. The third-order valence-electron chi connectivity index (χ3n) is 6.50. The average Bonchev–Trinajstić information content (AvgIpc) is 3.40. The van der Waals surface area contributed by atoms with Gasteiger partial charge in [0.15, 0.2) is 0 Å². The first-order chi connectivity index (χ1) is 16.7. The monoisotopic (exact) mass is 446 g/mol. The van der Waals surface area contributed by atoms with Crippen LogP contribution in [-0.4, -0.2) is 21.7 Å². The van der Waals surface area contributed by atoms with Crippen molar-refractivity contribution in [3.63, 3.8) is 0 Å². The second-order valence-corrected chi connectivity index (χ2v) is 8.31.